The number of hydrogen-bond acceptors (Lipinski definition) is 3. The van der Waals surface area contributed by atoms with Gasteiger partial charge in [0.15, 0.2) is 0 Å². The summed E-state index contributed by atoms with van der Waals surface area (Å²) in [4.78, 5) is 17.0. The van der Waals surface area contributed by atoms with Crippen molar-refractivity contribution < 1.29 is 24.0 Å². The molecule has 78 valence electrons. The third kappa shape index (κ3) is 3.47. The summed E-state index contributed by atoms with van der Waals surface area (Å²) >= 11 is 0. The summed E-state index contributed by atoms with van der Waals surface area (Å²) in [5.74, 6) is 0.0720. The summed E-state index contributed by atoms with van der Waals surface area (Å²) in [7, 11) is -4.49. The second-order valence-corrected chi connectivity index (χ2v) is 3.99. The van der Waals surface area contributed by atoms with Gasteiger partial charge in [0.25, 0.3) is 0 Å². The van der Waals surface area contributed by atoms with Crippen LogP contribution in [0.5, 0.6) is 5.75 Å². The lowest BCUT2D eigenvalue weighted by Crippen LogP contribution is -1.92. The number of benzene rings is 1. The number of aliphatic hydroxyl groups excluding tert-OH is 1. The average Bonchev–Trinajstić information content (AvgIpc) is 2.02. The molecule has 0 saturated heterocycles. The first-order valence-corrected chi connectivity index (χ1v) is 5.45. The Morgan fingerprint density at radius 3 is 2.14 bits per heavy atom. The van der Waals surface area contributed by atoms with Gasteiger partial charge in [0.1, 0.15) is 5.75 Å². The summed E-state index contributed by atoms with van der Waals surface area (Å²) in [5.41, 5.74) is 0.656. The van der Waals surface area contributed by atoms with Crippen molar-refractivity contribution in [1.82, 2.24) is 0 Å². The van der Waals surface area contributed by atoms with Crippen molar-refractivity contribution in [1.29, 1.82) is 0 Å². The average molecular weight is 218 g/mol. The fourth-order valence-corrected chi connectivity index (χ4v) is 1.34. The van der Waals surface area contributed by atoms with Crippen LogP contribution in [0.4, 0.5) is 0 Å². The van der Waals surface area contributed by atoms with E-state index in [0.717, 1.165) is 0 Å². The van der Waals surface area contributed by atoms with Crippen molar-refractivity contribution >= 4 is 7.82 Å². The van der Waals surface area contributed by atoms with Crippen LogP contribution >= 0.6 is 7.82 Å². The summed E-state index contributed by atoms with van der Waals surface area (Å²) in [6.45, 7) is 1.60. The maximum atomic E-state index is 10.4. The fraction of sp³-hybridized carbons (Fsp3) is 0.250. The normalized spacial score (nSPS) is 13.7. The SMILES string of the molecule is CC(O)c1ccc(OP(=O)(O)O)cc1. The van der Waals surface area contributed by atoms with E-state index in [1.54, 1.807) is 6.92 Å². The number of phosphoric acid groups is 1. The largest absolute Gasteiger partial charge is 0.524 e. The maximum Gasteiger partial charge on any atom is 0.524 e. The lowest BCUT2D eigenvalue weighted by Gasteiger charge is -2.08. The molecule has 0 spiro atoms. The molecule has 0 radical (unpaired) electrons. The van der Waals surface area contributed by atoms with Crippen LogP contribution in [0.3, 0.4) is 0 Å². The first-order chi connectivity index (χ1) is 6.38. The van der Waals surface area contributed by atoms with Crippen LogP contribution in [0.2, 0.25) is 0 Å². The van der Waals surface area contributed by atoms with E-state index >= 15 is 0 Å². The van der Waals surface area contributed by atoms with Gasteiger partial charge in [-0.3, -0.25) is 9.79 Å². The van der Waals surface area contributed by atoms with Gasteiger partial charge in [-0.1, -0.05) is 12.1 Å². The molecule has 0 aliphatic heterocycles. The van der Waals surface area contributed by atoms with E-state index in [1.165, 1.54) is 24.3 Å². The molecule has 0 aliphatic carbocycles. The van der Waals surface area contributed by atoms with Gasteiger partial charge >= 0.3 is 7.82 Å². The Bertz CT molecular complexity index is 339. The van der Waals surface area contributed by atoms with Gasteiger partial charge in [-0.2, -0.15) is 0 Å². The second kappa shape index (κ2) is 4.11. The third-order valence-electron chi connectivity index (χ3n) is 1.59. The molecule has 3 N–H and O–H groups in total. The Hall–Kier alpha value is -0.870. The van der Waals surface area contributed by atoms with Gasteiger partial charge in [0.05, 0.1) is 6.10 Å². The molecular formula is C8H11O5P. The number of phosphoric ester groups is 1. The van der Waals surface area contributed by atoms with Crippen molar-refractivity contribution in [2.45, 2.75) is 13.0 Å². The molecule has 6 heteroatoms. The van der Waals surface area contributed by atoms with Crippen molar-refractivity contribution in [2.75, 3.05) is 0 Å². The van der Waals surface area contributed by atoms with Crippen LogP contribution < -0.4 is 4.52 Å². The van der Waals surface area contributed by atoms with Crippen molar-refractivity contribution in [2.24, 2.45) is 0 Å². The highest BCUT2D eigenvalue weighted by atomic mass is 31.2. The minimum absolute atomic E-state index is 0.0720. The molecule has 0 saturated carbocycles. The molecule has 0 bridgehead atoms. The molecule has 14 heavy (non-hydrogen) atoms. The van der Waals surface area contributed by atoms with Crippen LogP contribution in [0.15, 0.2) is 24.3 Å². The lowest BCUT2D eigenvalue weighted by molar-refractivity contribution is 0.199. The smallest absolute Gasteiger partial charge is 0.404 e. The monoisotopic (exact) mass is 218 g/mol. The standard InChI is InChI=1S/C8H11O5P/c1-6(9)7-2-4-8(5-3-7)13-14(10,11)12/h2-6,9H,1H3,(H2,10,11,12). The summed E-state index contributed by atoms with van der Waals surface area (Å²) in [6.07, 6.45) is -0.612. The molecule has 0 aromatic heterocycles. The van der Waals surface area contributed by atoms with Gasteiger partial charge in [0.2, 0.25) is 0 Å². The first kappa shape index (κ1) is 11.2. The number of hydrogen-bond donors (Lipinski definition) is 3. The molecule has 0 amide bonds. The highest BCUT2D eigenvalue weighted by Crippen LogP contribution is 2.37. The van der Waals surface area contributed by atoms with E-state index < -0.39 is 13.9 Å². The van der Waals surface area contributed by atoms with Gasteiger partial charge < -0.3 is 9.63 Å². The molecule has 1 aromatic rings. The van der Waals surface area contributed by atoms with Crippen LogP contribution in [0.25, 0.3) is 0 Å². The van der Waals surface area contributed by atoms with Crippen LogP contribution in [-0.4, -0.2) is 14.9 Å². The quantitative estimate of drug-likeness (QED) is 0.664. The van der Waals surface area contributed by atoms with Crippen LogP contribution in [0, 0.1) is 0 Å². The summed E-state index contributed by atoms with van der Waals surface area (Å²) in [5, 5.41) is 9.15. The van der Waals surface area contributed by atoms with Gasteiger partial charge in [-0.25, -0.2) is 4.57 Å². The Labute approximate surface area is 81.2 Å². The molecule has 1 atom stereocenters. The molecule has 5 nitrogen and oxygen atoms in total. The Morgan fingerprint density at radius 2 is 1.79 bits per heavy atom. The summed E-state index contributed by atoms with van der Waals surface area (Å²) in [6, 6.07) is 5.85. The molecule has 0 heterocycles. The Kier molecular flexibility index (Phi) is 3.29. The Balaban J connectivity index is 2.79. The van der Waals surface area contributed by atoms with E-state index in [4.69, 9.17) is 14.9 Å². The van der Waals surface area contributed by atoms with Gasteiger partial charge in [0, 0.05) is 0 Å². The van der Waals surface area contributed by atoms with Crippen molar-refractivity contribution in [3.05, 3.63) is 29.8 Å². The lowest BCUT2D eigenvalue weighted by atomic mass is 10.1. The van der Waals surface area contributed by atoms with Crippen LogP contribution in [0.1, 0.15) is 18.6 Å². The van der Waals surface area contributed by atoms with E-state index in [9.17, 15) is 4.57 Å². The Morgan fingerprint density at radius 1 is 1.29 bits per heavy atom. The zero-order valence-corrected chi connectivity index (χ0v) is 8.39. The van der Waals surface area contributed by atoms with Crippen molar-refractivity contribution in [3.8, 4) is 5.75 Å². The number of rotatable bonds is 3. The van der Waals surface area contributed by atoms with Gasteiger partial charge in [-0.05, 0) is 24.6 Å². The van der Waals surface area contributed by atoms with E-state index in [1.807, 2.05) is 0 Å². The number of aliphatic hydroxyl groups is 1. The minimum Gasteiger partial charge on any atom is -0.404 e. The third-order valence-corrected chi connectivity index (χ3v) is 2.04. The van der Waals surface area contributed by atoms with E-state index in [0.29, 0.717) is 5.56 Å². The molecule has 0 aliphatic rings. The van der Waals surface area contributed by atoms with E-state index in [2.05, 4.69) is 4.52 Å². The predicted octanol–water partition coefficient (Wildman–Crippen LogP) is 1.21. The first-order valence-electron chi connectivity index (χ1n) is 3.91. The topological polar surface area (TPSA) is 87.0 Å². The van der Waals surface area contributed by atoms with Crippen LogP contribution in [-0.2, 0) is 4.57 Å². The highest BCUT2D eigenvalue weighted by Gasteiger charge is 2.15. The maximum absolute atomic E-state index is 10.4. The molecule has 1 unspecified atom stereocenters. The fourth-order valence-electron chi connectivity index (χ4n) is 0.945. The minimum atomic E-state index is -4.49. The zero-order valence-electron chi connectivity index (χ0n) is 7.49. The molecular weight excluding hydrogens is 207 g/mol. The van der Waals surface area contributed by atoms with Gasteiger partial charge in [-0.15, -0.1) is 0 Å². The molecule has 1 aromatic carbocycles. The molecule has 1 rings (SSSR count). The van der Waals surface area contributed by atoms with Crippen molar-refractivity contribution in [3.63, 3.8) is 0 Å². The predicted molar refractivity (Wildman–Crippen MR) is 49.7 cm³/mol. The second-order valence-electron chi connectivity index (χ2n) is 2.83. The van der Waals surface area contributed by atoms with E-state index in [-0.39, 0.29) is 5.75 Å². The summed E-state index contributed by atoms with van der Waals surface area (Å²) < 4.78 is 14.8. The molecule has 0 fully saturated rings. The highest BCUT2D eigenvalue weighted by molar-refractivity contribution is 7.46. The zero-order chi connectivity index (χ0) is 10.8.